The quantitative estimate of drug-likeness (QED) is 0.466. The van der Waals surface area contributed by atoms with Crippen molar-refractivity contribution in [1.82, 2.24) is 25.8 Å². The van der Waals surface area contributed by atoms with Crippen LogP contribution in [0.15, 0.2) is 69.5 Å². The lowest BCUT2D eigenvalue weighted by Gasteiger charge is -2.38. The van der Waals surface area contributed by atoms with E-state index in [0.717, 1.165) is 42.0 Å². The molecule has 0 spiro atoms. The fraction of sp³-hybridized carbons (Fsp3) is 0.536. The van der Waals surface area contributed by atoms with Gasteiger partial charge in [0.1, 0.15) is 12.4 Å². The van der Waals surface area contributed by atoms with E-state index in [1.54, 1.807) is 0 Å². The monoisotopic (exact) mass is 507 g/mol. The van der Waals surface area contributed by atoms with E-state index in [1.165, 1.54) is 42.0 Å². The molecule has 3 N–H and O–H groups in total. The van der Waals surface area contributed by atoms with Gasteiger partial charge in [-0.15, -0.1) is 11.8 Å². The summed E-state index contributed by atoms with van der Waals surface area (Å²) in [7, 11) is 2.08. The van der Waals surface area contributed by atoms with E-state index in [2.05, 4.69) is 64.0 Å². The Morgan fingerprint density at radius 1 is 1.22 bits per heavy atom. The minimum atomic E-state index is -0.0485. The lowest BCUT2D eigenvalue weighted by atomic mass is 10.0. The Labute approximate surface area is 218 Å². The highest BCUT2D eigenvalue weighted by Gasteiger charge is 2.37. The lowest BCUT2D eigenvalue weighted by molar-refractivity contribution is -0.117. The van der Waals surface area contributed by atoms with Crippen LogP contribution in [0.1, 0.15) is 32.6 Å². The van der Waals surface area contributed by atoms with Crippen LogP contribution in [0.25, 0.3) is 0 Å². The van der Waals surface area contributed by atoms with Crippen LogP contribution < -0.4 is 16.0 Å². The van der Waals surface area contributed by atoms with Gasteiger partial charge in [0.15, 0.2) is 5.76 Å². The Kier molecular flexibility index (Phi) is 6.54. The van der Waals surface area contributed by atoms with Crippen LogP contribution in [0.4, 0.5) is 0 Å². The van der Waals surface area contributed by atoms with Gasteiger partial charge in [-0.25, -0.2) is 0 Å². The van der Waals surface area contributed by atoms with Crippen molar-refractivity contribution < 1.29 is 9.53 Å². The SMILES string of the molecule is CCSC1=CC=C(CNC(=O)C2=CC3=C(NC2)N(C2=CC(C4CC4)NC(C4CC4)=C2)CCO3)N(C)C1. The Hall–Kier alpha value is -2.74. The van der Waals surface area contributed by atoms with Gasteiger partial charge < -0.3 is 30.5 Å². The summed E-state index contributed by atoms with van der Waals surface area (Å²) in [5.41, 5.74) is 4.49. The highest BCUT2D eigenvalue weighted by Crippen LogP contribution is 2.42. The molecule has 8 heteroatoms. The Morgan fingerprint density at radius 3 is 2.83 bits per heavy atom. The van der Waals surface area contributed by atoms with Crippen molar-refractivity contribution in [2.45, 2.75) is 38.6 Å². The summed E-state index contributed by atoms with van der Waals surface area (Å²) in [5.74, 6) is 4.23. The number of hydrogen-bond donors (Lipinski definition) is 3. The van der Waals surface area contributed by atoms with Crippen molar-refractivity contribution >= 4 is 17.7 Å². The summed E-state index contributed by atoms with van der Waals surface area (Å²) in [6.45, 7) is 5.50. The number of nitrogens with one attached hydrogen (secondary N) is 3. The molecule has 0 saturated heterocycles. The van der Waals surface area contributed by atoms with Crippen molar-refractivity contribution in [2.24, 2.45) is 11.8 Å². The van der Waals surface area contributed by atoms with Gasteiger partial charge in [-0.05, 0) is 73.7 Å². The van der Waals surface area contributed by atoms with Crippen LogP contribution in [0.5, 0.6) is 0 Å². The zero-order valence-corrected chi connectivity index (χ0v) is 22.1. The normalized spacial score (nSPS) is 25.8. The third-order valence-electron chi connectivity index (χ3n) is 7.67. The predicted molar refractivity (Wildman–Crippen MR) is 144 cm³/mol. The molecule has 0 aromatic carbocycles. The molecule has 0 aromatic rings. The molecule has 36 heavy (non-hydrogen) atoms. The van der Waals surface area contributed by atoms with Gasteiger partial charge in [0.25, 0.3) is 0 Å². The molecular weight excluding hydrogens is 470 g/mol. The largest absolute Gasteiger partial charge is 0.488 e. The van der Waals surface area contributed by atoms with Gasteiger partial charge in [0.2, 0.25) is 5.91 Å². The van der Waals surface area contributed by atoms with E-state index >= 15 is 0 Å². The van der Waals surface area contributed by atoms with Crippen molar-refractivity contribution in [3.8, 4) is 0 Å². The maximum atomic E-state index is 13.0. The molecular formula is C28H37N5O2S. The van der Waals surface area contributed by atoms with Gasteiger partial charge >= 0.3 is 0 Å². The Morgan fingerprint density at radius 2 is 2.08 bits per heavy atom. The average Bonchev–Trinajstić information content (AvgIpc) is 3.80. The molecule has 0 aromatic heterocycles. The zero-order chi connectivity index (χ0) is 24.6. The summed E-state index contributed by atoms with van der Waals surface area (Å²) in [5, 5.41) is 10.4. The summed E-state index contributed by atoms with van der Waals surface area (Å²) in [4.78, 5) is 18.9. The molecule has 2 saturated carbocycles. The number of dihydropyridines is 2. The smallest absolute Gasteiger partial charge is 0.249 e. The maximum Gasteiger partial charge on any atom is 0.249 e. The van der Waals surface area contributed by atoms with E-state index in [1.807, 2.05) is 17.8 Å². The summed E-state index contributed by atoms with van der Waals surface area (Å²) < 4.78 is 6.03. The van der Waals surface area contributed by atoms with Gasteiger partial charge in [-0.2, -0.15) is 0 Å². The topological polar surface area (TPSA) is 68.9 Å². The number of carbonyl (C=O) groups excluding carboxylic acids is 1. The van der Waals surface area contributed by atoms with Crippen LogP contribution >= 0.6 is 11.8 Å². The fourth-order valence-electron chi connectivity index (χ4n) is 5.28. The second kappa shape index (κ2) is 9.96. The zero-order valence-electron chi connectivity index (χ0n) is 21.3. The highest BCUT2D eigenvalue weighted by atomic mass is 32.2. The van der Waals surface area contributed by atoms with Crippen LogP contribution in [0.3, 0.4) is 0 Å². The summed E-state index contributed by atoms with van der Waals surface area (Å²) in [6, 6.07) is 0.437. The number of nitrogens with zero attached hydrogens (tertiary/aromatic N) is 2. The minimum absolute atomic E-state index is 0.0485. The molecule has 1 atom stereocenters. The number of thioether (sulfide) groups is 1. The molecule has 4 aliphatic heterocycles. The second-order valence-electron chi connectivity index (χ2n) is 10.5. The van der Waals surface area contributed by atoms with Gasteiger partial charge in [0, 0.05) is 53.7 Å². The van der Waals surface area contributed by atoms with Crippen LogP contribution in [0, 0.1) is 11.8 Å². The first-order valence-electron chi connectivity index (χ1n) is 13.4. The van der Waals surface area contributed by atoms with Crippen molar-refractivity contribution in [3.63, 3.8) is 0 Å². The Bertz CT molecular complexity index is 1110. The molecule has 0 radical (unpaired) electrons. The summed E-state index contributed by atoms with van der Waals surface area (Å²) >= 11 is 1.87. The third kappa shape index (κ3) is 5.05. The number of allylic oxidation sites excluding steroid dienone is 5. The highest BCUT2D eigenvalue weighted by molar-refractivity contribution is 8.03. The standard InChI is InChI=1S/C28H37N5O2S/c1-3-36-23-9-8-21(32(2)17-23)16-30-28(34)20-12-26-27(29-15-20)33(10-11-35-26)22-13-24(18-4-5-18)31-25(14-22)19-6-7-19/h8-9,12-14,18-19,24,29,31H,3-7,10-11,15-17H2,1-2H3,(H,30,34). The fourth-order valence-corrected chi connectivity index (χ4v) is 6.10. The number of hydrogen-bond acceptors (Lipinski definition) is 7. The molecule has 2 aliphatic carbocycles. The molecule has 2 fully saturated rings. The predicted octanol–water partition coefficient (Wildman–Crippen LogP) is 3.16. The van der Waals surface area contributed by atoms with Crippen molar-refractivity contribution in [1.29, 1.82) is 0 Å². The van der Waals surface area contributed by atoms with Crippen LogP contribution in [-0.2, 0) is 9.53 Å². The van der Waals surface area contributed by atoms with Gasteiger partial charge in [-0.3, -0.25) is 4.79 Å². The first kappa shape index (κ1) is 23.6. The molecule has 4 heterocycles. The number of likely N-dealkylation sites (N-methyl/N-ethyl adjacent to an activating group) is 1. The van der Waals surface area contributed by atoms with E-state index < -0.39 is 0 Å². The van der Waals surface area contributed by atoms with Crippen molar-refractivity contribution in [2.75, 3.05) is 45.6 Å². The molecule has 1 amide bonds. The van der Waals surface area contributed by atoms with Gasteiger partial charge in [-0.1, -0.05) is 6.92 Å². The van der Waals surface area contributed by atoms with Crippen LogP contribution in [0.2, 0.25) is 0 Å². The summed E-state index contributed by atoms with van der Waals surface area (Å²) in [6.07, 6.45) is 16.2. The third-order valence-corrected chi connectivity index (χ3v) is 8.59. The Balaban J connectivity index is 1.15. The number of carbonyl (C=O) groups is 1. The van der Waals surface area contributed by atoms with Crippen LogP contribution in [-0.4, -0.2) is 67.3 Å². The molecule has 1 unspecified atom stereocenters. The van der Waals surface area contributed by atoms with E-state index in [0.29, 0.717) is 37.2 Å². The van der Waals surface area contributed by atoms with Gasteiger partial charge in [0.05, 0.1) is 13.1 Å². The van der Waals surface area contributed by atoms with Crippen molar-refractivity contribution in [3.05, 3.63) is 69.5 Å². The number of ether oxygens (including phenoxy) is 1. The molecule has 192 valence electrons. The average molecular weight is 508 g/mol. The molecule has 6 rings (SSSR count). The molecule has 7 nitrogen and oxygen atoms in total. The minimum Gasteiger partial charge on any atom is -0.488 e. The molecule has 6 aliphatic rings. The maximum absolute atomic E-state index is 13.0. The first-order valence-corrected chi connectivity index (χ1v) is 14.4. The van der Waals surface area contributed by atoms with E-state index in [4.69, 9.17) is 4.74 Å². The number of amides is 1. The number of rotatable bonds is 8. The lowest BCUT2D eigenvalue weighted by Crippen LogP contribution is -2.44. The molecule has 0 bridgehead atoms. The van der Waals surface area contributed by atoms with E-state index in [9.17, 15) is 4.79 Å². The first-order chi connectivity index (χ1) is 17.6. The van der Waals surface area contributed by atoms with E-state index in [-0.39, 0.29) is 5.91 Å². The second-order valence-corrected chi connectivity index (χ2v) is 11.9.